The molecule has 4 rings (SSSR count). The predicted molar refractivity (Wildman–Crippen MR) is 110 cm³/mol. The van der Waals surface area contributed by atoms with Crippen LogP contribution in [0.5, 0.6) is 5.88 Å². The van der Waals surface area contributed by atoms with Crippen LogP contribution in [0.3, 0.4) is 0 Å². The minimum Gasteiger partial charge on any atom is -0.480 e. The second kappa shape index (κ2) is 8.21. The number of fused-ring (bicyclic) bond motifs is 1. The average molecular weight is 396 g/mol. The third kappa shape index (κ3) is 4.10. The number of hydrogen-bond donors (Lipinski definition) is 1. The number of methoxy groups -OCH3 is 1. The van der Waals surface area contributed by atoms with E-state index in [9.17, 15) is 9.18 Å². The van der Waals surface area contributed by atoms with Crippen LogP contribution in [-0.2, 0) is 6.42 Å². The Bertz CT molecular complexity index is 1000. The highest BCUT2D eigenvalue weighted by atomic mass is 19.1. The molecule has 1 aliphatic rings. The van der Waals surface area contributed by atoms with Gasteiger partial charge in [0, 0.05) is 43.8 Å². The van der Waals surface area contributed by atoms with Crippen molar-refractivity contribution in [2.24, 2.45) is 0 Å². The van der Waals surface area contributed by atoms with E-state index >= 15 is 0 Å². The van der Waals surface area contributed by atoms with Crippen molar-refractivity contribution >= 4 is 16.9 Å². The van der Waals surface area contributed by atoms with Crippen LogP contribution in [0, 0.1) is 5.82 Å². The summed E-state index contributed by atoms with van der Waals surface area (Å²) in [4.78, 5) is 24.9. The van der Waals surface area contributed by atoms with Gasteiger partial charge in [0.15, 0.2) is 0 Å². The Morgan fingerprint density at radius 1 is 1.28 bits per heavy atom. The van der Waals surface area contributed by atoms with Crippen molar-refractivity contribution in [1.82, 2.24) is 19.8 Å². The molecule has 3 aromatic rings. The van der Waals surface area contributed by atoms with Gasteiger partial charge < -0.3 is 14.6 Å². The number of hydrogen-bond acceptors (Lipinski definition) is 4. The van der Waals surface area contributed by atoms with Gasteiger partial charge in [0.25, 0.3) is 5.91 Å². The van der Waals surface area contributed by atoms with Crippen molar-refractivity contribution in [2.45, 2.75) is 19.4 Å². The lowest BCUT2D eigenvalue weighted by Crippen LogP contribution is -2.54. The quantitative estimate of drug-likeness (QED) is 0.720. The summed E-state index contributed by atoms with van der Waals surface area (Å²) in [6.07, 6.45) is 2.66. The summed E-state index contributed by atoms with van der Waals surface area (Å²) in [7, 11) is 1.53. The summed E-state index contributed by atoms with van der Waals surface area (Å²) in [5, 5.41) is 0.889. The third-order valence-electron chi connectivity index (χ3n) is 5.53. The number of benzene rings is 1. The molecule has 1 amide bonds. The zero-order chi connectivity index (χ0) is 20.4. The highest BCUT2D eigenvalue weighted by molar-refractivity contribution is 5.99. The first-order valence-corrected chi connectivity index (χ1v) is 9.85. The van der Waals surface area contributed by atoms with Crippen molar-refractivity contribution in [1.29, 1.82) is 0 Å². The molecule has 29 heavy (non-hydrogen) atoms. The molecular formula is C22H25FN4O2. The molecule has 1 fully saturated rings. The number of halogens is 1. The van der Waals surface area contributed by atoms with Crippen LogP contribution in [0.4, 0.5) is 4.39 Å². The number of carbonyl (C=O) groups is 1. The van der Waals surface area contributed by atoms with E-state index in [1.165, 1.54) is 19.2 Å². The number of piperazine rings is 1. The van der Waals surface area contributed by atoms with Gasteiger partial charge in [-0.15, -0.1) is 0 Å². The van der Waals surface area contributed by atoms with Gasteiger partial charge in [0.05, 0.1) is 7.11 Å². The van der Waals surface area contributed by atoms with Crippen LogP contribution >= 0.6 is 0 Å². The Kier molecular flexibility index (Phi) is 5.49. The normalized spacial score (nSPS) is 17.6. The van der Waals surface area contributed by atoms with Crippen molar-refractivity contribution in [3.63, 3.8) is 0 Å². The molecule has 0 unspecified atom stereocenters. The molecular weight excluding hydrogens is 371 g/mol. The zero-order valence-electron chi connectivity index (χ0n) is 16.7. The Labute approximate surface area is 169 Å². The van der Waals surface area contributed by atoms with Crippen LogP contribution in [0.25, 0.3) is 11.0 Å². The van der Waals surface area contributed by atoms with Gasteiger partial charge in [0.2, 0.25) is 5.88 Å². The van der Waals surface area contributed by atoms with E-state index in [1.54, 1.807) is 6.20 Å². The fraction of sp³-hybridized carbons (Fsp3) is 0.364. The number of amides is 1. The van der Waals surface area contributed by atoms with Crippen LogP contribution in [0.2, 0.25) is 0 Å². The van der Waals surface area contributed by atoms with E-state index in [2.05, 4.69) is 21.8 Å². The van der Waals surface area contributed by atoms with Gasteiger partial charge in [-0.25, -0.2) is 4.39 Å². The first kappa shape index (κ1) is 19.4. The molecule has 1 aromatic carbocycles. The number of pyridine rings is 1. The second-order valence-electron chi connectivity index (χ2n) is 7.49. The number of aromatic amines is 1. The lowest BCUT2D eigenvalue weighted by molar-refractivity contribution is 0.0488. The molecule has 0 bridgehead atoms. The fourth-order valence-electron chi connectivity index (χ4n) is 3.90. The minimum atomic E-state index is -0.211. The van der Waals surface area contributed by atoms with E-state index in [1.807, 2.05) is 29.2 Å². The first-order chi connectivity index (χ1) is 14.0. The summed E-state index contributed by atoms with van der Waals surface area (Å²) in [6, 6.07) is 10.5. The summed E-state index contributed by atoms with van der Waals surface area (Å²) >= 11 is 0. The Morgan fingerprint density at radius 3 is 2.79 bits per heavy atom. The largest absolute Gasteiger partial charge is 0.480 e. The molecule has 152 valence electrons. The number of carbonyl (C=O) groups excluding carboxylic acids is 1. The smallest absolute Gasteiger partial charge is 0.259 e. The summed E-state index contributed by atoms with van der Waals surface area (Å²) in [6.45, 7) is 5.21. The van der Waals surface area contributed by atoms with E-state index in [0.29, 0.717) is 23.6 Å². The highest BCUT2D eigenvalue weighted by Crippen LogP contribution is 2.24. The molecule has 1 N–H and O–H groups in total. The number of H-pyrrole nitrogens is 1. The van der Waals surface area contributed by atoms with Crippen molar-refractivity contribution in [2.75, 3.05) is 33.3 Å². The summed E-state index contributed by atoms with van der Waals surface area (Å²) in [5.74, 6) is 0.0799. The molecule has 7 heteroatoms. The molecule has 3 heterocycles. The van der Waals surface area contributed by atoms with Gasteiger partial charge in [0.1, 0.15) is 17.0 Å². The Balaban J connectivity index is 1.42. The van der Waals surface area contributed by atoms with Gasteiger partial charge in [-0.1, -0.05) is 12.1 Å². The molecule has 1 saturated heterocycles. The molecule has 1 atom stereocenters. The van der Waals surface area contributed by atoms with Crippen LogP contribution in [0.15, 0.2) is 42.6 Å². The Morgan fingerprint density at radius 2 is 2.07 bits per heavy atom. The molecule has 0 radical (unpaired) electrons. The lowest BCUT2D eigenvalue weighted by Gasteiger charge is -2.40. The van der Waals surface area contributed by atoms with Crippen LogP contribution in [-0.4, -0.2) is 65.0 Å². The molecule has 1 aliphatic heterocycles. The van der Waals surface area contributed by atoms with Gasteiger partial charge in [-0.2, -0.15) is 4.98 Å². The second-order valence-corrected chi connectivity index (χ2v) is 7.49. The SMILES string of the molecule is COc1nc2[nH]ccc2cc1C(=O)N1CCN(CCc2ccc(F)cc2)C[C@H]1C. The Hall–Kier alpha value is -2.93. The highest BCUT2D eigenvalue weighted by Gasteiger charge is 2.30. The van der Waals surface area contributed by atoms with Crippen molar-refractivity contribution in [3.8, 4) is 5.88 Å². The van der Waals surface area contributed by atoms with Crippen LogP contribution in [0.1, 0.15) is 22.8 Å². The number of aromatic nitrogens is 2. The zero-order valence-corrected chi connectivity index (χ0v) is 16.7. The van der Waals surface area contributed by atoms with E-state index in [4.69, 9.17) is 4.74 Å². The number of nitrogens with zero attached hydrogens (tertiary/aromatic N) is 3. The van der Waals surface area contributed by atoms with E-state index in [0.717, 1.165) is 37.0 Å². The van der Waals surface area contributed by atoms with E-state index < -0.39 is 0 Å². The number of rotatable bonds is 5. The topological polar surface area (TPSA) is 61.5 Å². The maximum absolute atomic E-state index is 13.2. The molecule has 2 aromatic heterocycles. The number of nitrogens with one attached hydrogen (secondary N) is 1. The van der Waals surface area contributed by atoms with E-state index in [-0.39, 0.29) is 17.8 Å². The van der Waals surface area contributed by atoms with Crippen LogP contribution < -0.4 is 4.74 Å². The van der Waals surface area contributed by atoms with Gasteiger partial charge in [-0.05, 0) is 43.2 Å². The summed E-state index contributed by atoms with van der Waals surface area (Å²) < 4.78 is 18.4. The minimum absolute atomic E-state index is 0.0527. The van der Waals surface area contributed by atoms with Gasteiger partial charge in [-0.3, -0.25) is 9.69 Å². The average Bonchev–Trinajstić information content (AvgIpc) is 3.19. The third-order valence-corrected chi connectivity index (χ3v) is 5.53. The predicted octanol–water partition coefficient (Wildman–Crippen LogP) is 3.10. The van der Waals surface area contributed by atoms with Crippen molar-refractivity contribution in [3.05, 3.63) is 59.5 Å². The summed E-state index contributed by atoms with van der Waals surface area (Å²) in [5.41, 5.74) is 2.32. The maximum atomic E-state index is 13.2. The first-order valence-electron chi connectivity index (χ1n) is 9.85. The lowest BCUT2D eigenvalue weighted by atomic mass is 10.1. The monoisotopic (exact) mass is 396 g/mol. The molecule has 0 spiro atoms. The van der Waals surface area contributed by atoms with Gasteiger partial charge >= 0.3 is 0 Å². The molecule has 0 saturated carbocycles. The fourth-order valence-corrected chi connectivity index (χ4v) is 3.90. The number of ether oxygens (including phenoxy) is 1. The molecule has 6 nitrogen and oxygen atoms in total. The standard InChI is InChI=1S/C22H25FN4O2/c1-15-14-26(10-8-16-3-5-18(23)6-4-16)11-12-27(15)22(28)19-13-17-7-9-24-20(17)25-21(19)29-2/h3-7,9,13,15H,8,10-12,14H2,1-2H3,(H,24,25)/t15-/m1/s1. The maximum Gasteiger partial charge on any atom is 0.259 e. The van der Waals surface area contributed by atoms with Crippen molar-refractivity contribution < 1.29 is 13.9 Å². The molecule has 0 aliphatic carbocycles.